The van der Waals surface area contributed by atoms with Crippen molar-refractivity contribution >= 4 is 35.5 Å². The Bertz CT molecular complexity index is 816. The van der Waals surface area contributed by atoms with Crippen molar-refractivity contribution in [3.8, 4) is 0 Å². The number of nitrogens with zero attached hydrogens (tertiary/aromatic N) is 1. The molecule has 1 rings (SSSR count). The maximum atomic E-state index is 12.9. The molecule has 0 spiro atoms. The summed E-state index contributed by atoms with van der Waals surface area (Å²) < 4.78 is 0. The van der Waals surface area contributed by atoms with Crippen LogP contribution in [0.3, 0.4) is 0 Å². The van der Waals surface area contributed by atoms with Gasteiger partial charge in [0.05, 0.1) is 12.6 Å². The minimum atomic E-state index is -1.20. The smallest absolute Gasteiger partial charge is 0.322 e. The van der Waals surface area contributed by atoms with E-state index in [-0.39, 0.29) is 18.4 Å². The van der Waals surface area contributed by atoms with Gasteiger partial charge in [-0.25, -0.2) is 0 Å². The van der Waals surface area contributed by atoms with E-state index >= 15 is 0 Å². The van der Waals surface area contributed by atoms with E-state index in [1.807, 2.05) is 0 Å². The Kier molecular flexibility index (Phi) is 11.6. The van der Waals surface area contributed by atoms with Crippen molar-refractivity contribution in [1.29, 1.82) is 0 Å². The van der Waals surface area contributed by atoms with Gasteiger partial charge in [-0.1, -0.05) is 27.7 Å². The molecule has 1 heterocycles. The lowest BCUT2D eigenvalue weighted by molar-refractivity contribution is -0.142. The normalized spacial score (nSPS) is 17.9. The first-order valence-electron chi connectivity index (χ1n) is 11.7. The zero-order valence-electron chi connectivity index (χ0n) is 20.9. The van der Waals surface area contributed by atoms with Crippen molar-refractivity contribution in [2.24, 2.45) is 17.6 Å². The molecule has 13 heteroatoms. The number of nitrogens with one attached hydrogen (secondary N) is 4. The molecule has 1 saturated heterocycles. The second-order valence-electron chi connectivity index (χ2n) is 9.31. The van der Waals surface area contributed by atoms with Gasteiger partial charge >= 0.3 is 5.97 Å². The maximum Gasteiger partial charge on any atom is 0.322 e. The fourth-order valence-electron chi connectivity index (χ4n) is 3.54. The quantitative estimate of drug-likeness (QED) is 0.176. The fraction of sp³-hybridized carbons (Fsp3) is 0.727. The standard InChI is InChI=1S/C22H38N6O7/c1-11(2)17(23)20(33)24-9-15(29)27-18(12(3)4)21(34)26-13(5)22(35)28-8-6-7-14(28)19(32)25-10-16(30)31/h11-14,17-18H,6-10,23H2,1-5H3,(H,24,33)(H,25,32)(H,26,34)(H,27,29)(H,30,31)/t13-,14-,17-,18-/m0/s1. The summed E-state index contributed by atoms with van der Waals surface area (Å²) in [6.45, 7) is 7.84. The molecule has 4 atom stereocenters. The lowest BCUT2D eigenvalue weighted by atomic mass is 10.0. The molecule has 0 radical (unpaired) electrons. The first kappa shape index (κ1) is 29.8. The van der Waals surface area contributed by atoms with E-state index in [2.05, 4.69) is 21.3 Å². The molecule has 7 N–H and O–H groups in total. The topological polar surface area (TPSA) is 200 Å². The van der Waals surface area contributed by atoms with Crippen LogP contribution in [0.25, 0.3) is 0 Å². The van der Waals surface area contributed by atoms with Crippen molar-refractivity contribution < 1.29 is 33.9 Å². The van der Waals surface area contributed by atoms with Crippen molar-refractivity contribution in [2.75, 3.05) is 19.6 Å². The number of carboxylic acids is 1. The Balaban J connectivity index is 2.70. The van der Waals surface area contributed by atoms with Crippen LogP contribution in [0.1, 0.15) is 47.5 Å². The zero-order chi connectivity index (χ0) is 26.9. The Morgan fingerprint density at radius 1 is 0.914 bits per heavy atom. The highest BCUT2D eigenvalue weighted by atomic mass is 16.4. The highest BCUT2D eigenvalue weighted by Crippen LogP contribution is 2.18. The fourth-order valence-corrected chi connectivity index (χ4v) is 3.54. The molecule has 0 aromatic heterocycles. The van der Waals surface area contributed by atoms with E-state index in [4.69, 9.17) is 10.8 Å². The molecule has 0 aromatic rings. The van der Waals surface area contributed by atoms with Gasteiger partial charge in [-0.15, -0.1) is 0 Å². The Morgan fingerprint density at radius 2 is 1.54 bits per heavy atom. The predicted molar refractivity (Wildman–Crippen MR) is 126 cm³/mol. The van der Waals surface area contributed by atoms with Crippen LogP contribution in [0, 0.1) is 11.8 Å². The maximum absolute atomic E-state index is 12.9. The third-order valence-electron chi connectivity index (χ3n) is 5.69. The average Bonchev–Trinajstić information content (AvgIpc) is 3.27. The summed E-state index contributed by atoms with van der Waals surface area (Å²) in [4.78, 5) is 74.3. The minimum absolute atomic E-state index is 0.107. The van der Waals surface area contributed by atoms with Gasteiger partial charge in [-0.2, -0.15) is 0 Å². The van der Waals surface area contributed by atoms with Gasteiger partial charge < -0.3 is 37.0 Å². The van der Waals surface area contributed by atoms with Crippen molar-refractivity contribution in [3.05, 3.63) is 0 Å². The highest BCUT2D eigenvalue weighted by Gasteiger charge is 2.37. The van der Waals surface area contributed by atoms with Crippen LogP contribution in [0.15, 0.2) is 0 Å². The largest absolute Gasteiger partial charge is 0.480 e. The van der Waals surface area contributed by atoms with Gasteiger partial charge in [-0.05, 0) is 31.6 Å². The van der Waals surface area contributed by atoms with E-state index in [1.54, 1.807) is 27.7 Å². The van der Waals surface area contributed by atoms with Crippen LogP contribution in [-0.2, 0) is 28.8 Å². The van der Waals surface area contributed by atoms with E-state index in [1.165, 1.54) is 11.8 Å². The lowest BCUT2D eigenvalue weighted by Crippen LogP contribution is -2.57. The number of nitrogens with two attached hydrogens (primary N) is 1. The molecule has 35 heavy (non-hydrogen) atoms. The molecule has 0 bridgehead atoms. The molecule has 1 aliphatic heterocycles. The molecule has 0 saturated carbocycles. The SMILES string of the molecule is CC(C)[C@H](N)C(=O)NCC(=O)N[C@H](C(=O)N[C@@H](C)C(=O)N1CCC[C@H]1C(=O)NCC(=O)O)C(C)C. The zero-order valence-corrected chi connectivity index (χ0v) is 20.9. The van der Waals surface area contributed by atoms with E-state index in [9.17, 15) is 28.8 Å². The second-order valence-corrected chi connectivity index (χ2v) is 9.31. The van der Waals surface area contributed by atoms with Crippen LogP contribution in [0.5, 0.6) is 0 Å². The number of amides is 5. The molecule has 1 aliphatic rings. The second kappa shape index (κ2) is 13.6. The number of aliphatic carboxylic acids is 1. The van der Waals surface area contributed by atoms with Crippen LogP contribution in [0.4, 0.5) is 0 Å². The molecule has 198 valence electrons. The number of carbonyl (C=O) groups is 6. The van der Waals surface area contributed by atoms with Crippen LogP contribution in [0.2, 0.25) is 0 Å². The van der Waals surface area contributed by atoms with Gasteiger partial charge in [0.2, 0.25) is 29.5 Å². The lowest BCUT2D eigenvalue weighted by Gasteiger charge is -2.28. The number of likely N-dealkylation sites (tertiary alicyclic amines) is 1. The van der Waals surface area contributed by atoms with Gasteiger partial charge in [0.25, 0.3) is 0 Å². The monoisotopic (exact) mass is 498 g/mol. The van der Waals surface area contributed by atoms with Crippen molar-refractivity contribution in [3.63, 3.8) is 0 Å². The first-order chi connectivity index (χ1) is 16.3. The summed E-state index contributed by atoms with van der Waals surface area (Å²) in [6.07, 6.45) is 0.948. The molecule has 1 fully saturated rings. The first-order valence-corrected chi connectivity index (χ1v) is 11.7. The predicted octanol–water partition coefficient (Wildman–Crippen LogP) is -2.08. The molecule has 5 amide bonds. The van der Waals surface area contributed by atoms with Gasteiger partial charge in [0, 0.05) is 6.54 Å². The number of hydrogen-bond donors (Lipinski definition) is 6. The van der Waals surface area contributed by atoms with Crippen LogP contribution in [-0.4, -0.2) is 89.3 Å². The summed E-state index contributed by atoms with van der Waals surface area (Å²) in [6, 6.07) is -3.54. The summed E-state index contributed by atoms with van der Waals surface area (Å²) in [5.74, 6) is -4.34. The van der Waals surface area contributed by atoms with Crippen molar-refractivity contribution in [2.45, 2.75) is 71.6 Å². The summed E-state index contributed by atoms with van der Waals surface area (Å²) >= 11 is 0. The van der Waals surface area contributed by atoms with Gasteiger partial charge in [0.15, 0.2) is 0 Å². The summed E-state index contributed by atoms with van der Waals surface area (Å²) in [5, 5.41) is 18.6. The molecule has 0 aliphatic carbocycles. The van der Waals surface area contributed by atoms with Gasteiger partial charge in [0.1, 0.15) is 24.7 Å². The number of hydrogen-bond acceptors (Lipinski definition) is 7. The third-order valence-corrected chi connectivity index (χ3v) is 5.69. The van der Waals surface area contributed by atoms with Crippen LogP contribution < -0.4 is 27.0 Å². The van der Waals surface area contributed by atoms with E-state index < -0.39 is 66.2 Å². The summed E-state index contributed by atoms with van der Waals surface area (Å²) in [7, 11) is 0. The number of carboxylic acid groups (broad SMARTS) is 1. The number of rotatable bonds is 12. The molecule has 13 nitrogen and oxygen atoms in total. The van der Waals surface area contributed by atoms with Crippen LogP contribution >= 0.6 is 0 Å². The summed E-state index contributed by atoms with van der Waals surface area (Å²) in [5.41, 5.74) is 5.74. The van der Waals surface area contributed by atoms with E-state index in [0.29, 0.717) is 19.4 Å². The van der Waals surface area contributed by atoms with Crippen molar-refractivity contribution in [1.82, 2.24) is 26.2 Å². The Morgan fingerprint density at radius 3 is 2.09 bits per heavy atom. The molecule has 0 aromatic carbocycles. The minimum Gasteiger partial charge on any atom is -0.480 e. The van der Waals surface area contributed by atoms with E-state index in [0.717, 1.165) is 0 Å². The molecular weight excluding hydrogens is 460 g/mol. The molecule has 0 unspecified atom stereocenters. The Labute approximate surface area is 204 Å². The Hall–Kier alpha value is -3.22. The number of carbonyl (C=O) groups excluding carboxylic acids is 5. The highest BCUT2D eigenvalue weighted by molar-refractivity contribution is 5.95. The third kappa shape index (κ3) is 9.15. The average molecular weight is 499 g/mol. The molecular formula is C22H38N6O7. The van der Waals surface area contributed by atoms with Gasteiger partial charge in [-0.3, -0.25) is 28.8 Å².